The van der Waals surface area contributed by atoms with E-state index in [-0.39, 0.29) is 11.8 Å². The predicted octanol–water partition coefficient (Wildman–Crippen LogP) is 1.64. The van der Waals surface area contributed by atoms with Gasteiger partial charge in [0, 0.05) is 6.54 Å². The first-order chi connectivity index (χ1) is 8.54. The Morgan fingerprint density at radius 1 is 1.50 bits per heavy atom. The Hall–Kier alpha value is -0.950. The maximum absolute atomic E-state index is 12.2. The number of aromatic nitrogens is 2. The van der Waals surface area contributed by atoms with Crippen LogP contribution >= 0.6 is 0 Å². The standard InChI is InChI=1S/C11H19N3O3S/c1-3-4-8-18(15,16)14-7-5-6-10(14)11-12-9(2)13-17-11/h10H,3-8H2,1-2H3. The van der Waals surface area contributed by atoms with E-state index in [1.54, 1.807) is 6.92 Å². The maximum Gasteiger partial charge on any atom is 0.245 e. The number of hydrogen-bond acceptors (Lipinski definition) is 5. The Balaban J connectivity index is 2.17. The third-order valence-electron chi connectivity index (χ3n) is 3.15. The number of nitrogens with zero attached hydrogens (tertiary/aromatic N) is 3. The van der Waals surface area contributed by atoms with Crippen LogP contribution in [0.5, 0.6) is 0 Å². The summed E-state index contributed by atoms with van der Waals surface area (Å²) in [6.07, 6.45) is 3.16. The monoisotopic (exact) mass is 273 g/mol. The second kappa shape index (κ2) is 5.36. The van der Waals surface area contributed by atoms with Gasteiger partial charge in [-0.3, -0.25) is 0 Å². The van der Waals surface area contributed by atoms with Crippen molar-refractivity contribution in [2.24, 2.45) is 0 Å². The van der Waals surface area contributed by atoms with E-state index < -0.39 is 10.0 Å². The molecule has 0 saturated carbocycles. The molecule has 2 heterocycles. The first-order valence-electron chi connectivity index (χ1n) is 6.34. The Bertz CT molecular complexity index is 497. The van der Waals surface area contributed by atoms with Crippen LogP contribution in [0.25, 0.3) is 0 Å². The molecule has 18 heavy (non-hydrogen) atoms. The van der Waals surface area contributed by atoms with Gasteiger partial charge in [0.25, 0.3) is 0 Å². The largest absolute Gasteiger partial charge is 0.338 e. The molecule has 1 aliphatic rings. The fraction of sp³-hybridized carbons (Fsp3) is 0.818. The molecule has 0 amide bonds. The van der Waals surface area contributed by atoms with Crippen molar-refractivity contribution in [1.29, 1.82) is 0 Å². The first kappa shape index (κ1) is 13.5. The molecule has 1 aromatic rings. The second-order valence-electron chi connectivity index (χ2n) is 4.62. The van der Waals surface area contributed by atoms with Gasteiger partial charge in [-0.1, -0.05) is 18.5 Å². The van der Waals surface area contributed by atoms with Crippen molar-refractivity contribution in [3.63, 3.8) is 0 Å². The number of unbranched alkanes of at least 4 members (excludes halogenated alkanes) is 1. The molecule has 2 rings (SSSR count). The molecule has 1 saturated heterocycles. The molecule has 1 atom stereocenters. The molecule has 102 valence electrons. The molecule has 7 heteroatoms. The van der Waals surface area contributed by atoms with Gasteiger partial charge in [-0.05, 0) is 26.2 Å². The molecular formula is C11H19N3O3S. The lowest BCUT2D eigenvalue weighted by atomic mass is 10.2. The van der Waals surface area contributed by atoms with Crippen LogP contribution in [0.1, 0.15) is 50.4 Å². The van der Waals surface area contributed by atoms with Gasteiger partial charge < -0.3 is 4.52 Å². The van der Waals surface area contributed by atoms with E-state index in [9.17, 15) is 8.42 Å². The van der Waals surface area contributed by atoms with E-state index in [1.165, 1.54) is 4.31 Å². The zero-order chi connectivity index (χ0) is 13.2. The van der Waals surface area contributed by atoms with E-state index in [1.807, 2.05) is 6.92 Å². The van der Waals surface area contributed by atoms with Crippen molar-refractivity contribution < 1.29 is 12.9 Å². The summed E-state index contributed by atoms with van der Waals surface area (Å²) in [7, 11) is -3.20. The van der Waals surface area contributed by atoms with Crippen LogP contribution in [0.3, 0.4) is 0 Å². The molecule has 0 spiro atoms. The van der Waals surface area contributed by atoms with Crippen LogP contribution in [0.4, 0.5) is 0 Å². The van der Waals surface area contributed by atoms with Crippen LogP contribution in [0.15, 0.2) is 4.52 Å². The van der Waals surface area contributed by atoms with Crippen molar-refractivity contribution in [2.75, 3.05) is 12.3 Å². The van der Waals surface area contributed by atoms with Crippen LogP contribution in [-0.2, 0) is 10.0 Å². The average molecular weight is 273 g/mol. The molecule has 0 radical (unpaired) electrons. The van der Waals surface area contributed by atoms with Crippen LogP contribution in [0.2, 0.25) is 0 Å². The molecule has 1 unspecified atom stereocenters. The lowest BCUT2D eigenvalue weighted by molar-refractivity contribution is 0.289. The van der Waals surface area contributed by atoms with Crippen molar-refractivity contribution in [3.8, 4) is 0 Å². The normalized spacial score (nSPS) is 21.6. The van der Waals surface area contributed by atoms with Crippen LogP contribution < -0.4 is 0 Å². The summed E-state index contributed by atoms with van der Waals surface area (Å²) in [4.78, 5) is 4.15. The highest BCUT2D eigenvalue weighted by Gasteiger charge is 2.37. The van der Waals surface area contributed by atoms with Crippen molar-refractivity contribution in [2.45, 2.75) is 45.6 Å². The summed E-state index contributed by atoms with van der Waals surface area (Å²) in [6.45, 7) is 4.27. The van der Waals surface area contributed by atoms with E-state index in [2.05, 4.69) is 10.1 Å². The second-order valence-corrected chi connectivity index (χ2v) is 6.66. The number of aryl methyl sites for hydroxylation is 1. The number of rotatable bonds is 5. The van der Waals surface area contributed by atoms with E-state index in [4.69, 9.17) is 4.52 Å². The van der Waals surface area contributed by atoms with Crippen LogP contribution in [-0.4, -0.2) is 35.2 Å². The summed E-state index contributed by atoms with van der Waals surface area (Å²) < 4.78 is 31.1. The highest BCUT2D eigenvalue weighted by Crippen LogP contribution is 2.33. The van der Waals surface area contributed by atoms with Crippen molar-refractivity contribution in [3.05, 3.63) is 11.7 Å². The van der Waals surface area contributed by atoms with E-state index in [0.29, 0.717) is 24.7 Å². The summed E-state index contributed by atoms with van der Waals surface area (Å²) in [5, 5.41) is 3.73. The van der Waals surface area contributed by atoms with Crippen LogP contribution in [0, 0.1) is 6.92 Å². The van der Waals surface area contributed by atoms with Gasteiger partial charge >= 0.3 is 0 Å². The Morgan fingerprint density at radius 2 is 2.28 bits per heavy atom. The fourth-order valence-corrected chi connectivity index (χ4v) is 4.09. The summed E-state index contributed by atoms with van der Waals surface area (Å²) >= 11 is 0. The minimum Gasteiger partial charge on any atom is -0.338 e. The zero-order valence-electron chi connectivity index (χ0n) is 10.8. The SMILES string of the molecule is CCCCS(=O)(=O)N1CCCC1c1nc(C)no1. The zero-order valence-corrected chi connectivity index (χ0v) is 11.6. The van der Waals surface area contributed by atoms with E-state index >= 15 is 0 Å². The summed E-state index contributed by atoms with van der Waals surface area (Å²) in [5.74, 6) is 1.17. The minimum atomic E-state index is -3.20. The Labute approximate surface area is 107 Å². The molecule has 0 aliphatic carbocycles. The van der Waals surface area contributed by atoms with Gasteiger partial charge in [-0.25, -0.2) is 8.42 Å². The number of sulfonamides is 1. The van der Waals surface area contributed by atoms with Crippen molar-refractivity contribution in [1.82, 2.24) is 14.4 Å². The molecule has 6 nitrogen and oxygen atoms in total. The molecule has 0 bridgehead atoms. The van der Waals surface area contributed by atoms with Gasteiger partial charge in [-0.2, -0.15) is 9.29 Å². The molecule has 1 aliphatic heterocycles. The Morgan fingerprint density at radius 3 is 2.89 bits per heavy atom. The Kier molecular flexibility index (Phi) is 4.01. The van der Waals surface area contributed by atoms with Gasteiger partial charge in [0.2, 0.25) is 15.9 Å². The highest BCUT2D eigenvalue weighted by molar-refractivity contribution is 7.89. The summed E-state index contributed by atoms with van der Waals surface area (Å²) in [6, 6.07) is -0.270. The van der Waals surface area contributed by atoms with Crippen molar-refractivity contribution >= 4 is 10.0 Å². The third kappa shape index (κ3) is 2.72. The topological polar surface area (TPSA) is 76.3 Å². The lowest BCUT2D eigenvalue weighted by Crippen LogP contribution is -2.32. The fourth-order valence-electron chi connectivity index (χ4n) is 2.21. The first-order valence-corrected chi connectivity index (χ1v) is 7.95. The molecule has 1 aromatic heterocycles. The number of hydrogen-bond donors (Lipinski definition) is 0. The van der Waals surface area contributed by atoms with E-state index in [0.717, 1.165) is 19.3 Å². The molecule has 0 N–H and O–H groups in total. The third-order valence-corrected chi connectivity index (χ3v) is 5.10. The summed E-state index contributed by atoms with van der Waals surface area (Å²) in [5.41, 5.74) is 0. The molecule has 1 fully saturated rings. The molecular weight excluding hydrogens is 254 g/mol. The minimum absolute atomic E-state index is 0.202. The van der Waals surface area contributed by atoms with Gasteiger partial charge in [0.05, 0.1) is 5.75 Å². The highest BCUT2D eigenvalue weighted by atomic mass is 32.2. The lowest BCUT2D eigenvalue weighted by Gasteiger charge is -2.21. The smallest absolute Gasteiger partial charge is 0.245 e. The van der Waals surface area contributed by atoms with Gasteiger partial charge in [0.15, 0.2) is 5.82 Å². The predicted molar refractivity (Wildman–Crippen MR) is 66.4 cm³/mol. The maximum atomic E-state index is 12.2. The van der Waals surface area contributed by atoms with Gasteiger partial charge in [0.1, 0.15) is 6.04 Å². The van der Waals surface area contributed by atoms with Gasteiger partial charge in [-0.15, -0.1) is 0 Å². The average Bonchev–Trinajstić information content (AvgIpc) is 2.94. The quantitative estimate of drug-likeness (QED) is 0.815. The molecule has 0 aromatic carbocycles.